The Morgan fingerprint density at radius 1 is 1.90 bits per heavy atom. The van der Waals surface area contributed by atoms with E-state index in [1.54, 1.807) is 0 Å². The van der Waals surface area contributed by atoms with Crippen molar-refractivity contribution in [2.75, 3.05) is 7.11 Å². The van der Waals surface area contributed by atoms with E-state index in [1.807, 2.05) is 0 Å². The number of carbonyl (C=O) groups is 1. The first-order valence-electron chi connectivity index (χ1n) is 2.50. The second-order valence-electron chi connectivity index (χ2n) is 1.58. The first kappa shape index (κ1) is 8.85. The SMILES string of the molecule is COC(=O)C(F)C(N)C#N. The number of methoxy groups -OCH3 is 1. The van der Waals surface area contributed by atoms with Crippen molar-refractivity contribution in [3.8, 4) is 6.07 Å². The summed E-state index contributed by atoms with van der Waals surface area (Å²) in [5.41, 5.74) is 4.86. The summed E-state index contributed by atoms with van der Waals surface area (Å²) in [5, 5.41) is 8.03. The minimum atomic E-state index is -2.05. The van der Waals surface area contributed by atoms with Gasteiger partial charge in [-0.05, 0) is 0 Å². The van der Waals surface area contributed by atoms with Crippen LogP contribution in [-0.2, 0) is 9.53 Å². The van der Waals surface area contributed by atoms with Crippen LogP contribution < -0.4 is 5.73 Å². The second-order valence-corrected chi connectivity index (χ2v) is 1.58. The van der Waals surface area contributed by atoms with Crippen LogP contribution in [0.5, 0.6) is 0 Å². The maximum Gasteiger partial charge on any atom is 0.343 e. The van der Waals surface area contributed by atoms with Gasteiger partial charge in [-0.1, -0.05) is 0 Å². The molecule has 0 heterocycles. The van der Waals surface area contributed by atoms with E-state index in [0.717, 1.165) is 7.11 Å². The molecule has 0 aliphatic rings. The molecular formula is C5H7FN2O2. The number of hydrogen-bond acceptors (Lipinski definition) is 4. The second kappa shape index (κ2) is 3.80. The molecule has 2 atom stereocenters. The fourth-order valence-corrected chi connectivity index (χ4v) is 0.325. The Morgan fingerprint density at radius 3 is 2.70 bits per heavy atom. The summed E-state index contributed by atoms with van der Waals surface area (Å²) in [7, 11) is 1.03. The van der Waals surface area contributed by atoms with Crippen molar-refractivity contribution in [1.82, 2.24) is 0 Å². The predicted octanol–water partition coefficient (Wildman–Crippen LogP) is -0.652. The van der Waals surface area contributed by atoms with Gasteiger partial charge in [-0.3, -0.25) is 0 Å². The van der Waals surface area contributed by atoms with Crippen LogP contribution in [0.4, 0.5) is 4.39 Å². The summed E-state index contributed by atoms with van der Waals surface area (Å²) in [6, 6.07) is -0.0557. The van der Waals surface area contributed by atoms with E-state index in [9.17, 15) is 9.18 Å². The molecule has 10 heavy (non-hydrogen) atoms. The number of nitriles is 1. The van der Waals surface area contributed by atoms with Crippen molar-refractivity contribution in [3.05, 3.63) is 0 Å². The molecule has 0 aliphatic heterocycles. The normalized spacial score (nSPS) is 15.0. The molecule has 2 N–H and O–H groups in total. The fourth-order valence-electron chi connectivity index (χ4n) is 0.325. The minimum Gasteiger partial charge on any atom is -0.467 e. The molecule has 0 fully saturated rings. The molecule has 0 saturated heterocycles. The van der Waals surface area contributed by atoms with Crippen molar-refractivity contribution in [2.24, 2.45) is 5.73 Å². The van der Waals surface area contributed by atoms with Crippen LogP contribution in [0, 0.1) is 11.3 Å². The van der Waals surface area contributed by atoms with Gasteiger partial charge in [0.15, 0.2) is 0 Å². The van der Waals surface area contributed by atoms with Crippen LogP contribution in [0.15, 0.2) is 0 Å². The van der Waals surface area contributed by atoms with Crippen molar-refractivity contribution in [3.63, 3.8) is 0 Å². The van der Waals surface area contributed by atoms with Gasteiger partial charge in [0.25, 0.3) is 0 Å². The monoisotopic (exact) mass is 146 g/mol. The number of halogens is 1. The third-order valence-corrected chi connectivity index (χ3v) is 0.891. The van der Waals surface area contributed by atoms with Crippen LogP contribution in [0.2, 0.25) is 0 Å². The molecule has 4 nitrogen and oxygen atoms in total. The summed E-state index contributed by atoms with van der Waals surface area (Å²) in [6.45, 7) is 0. The van der Waals surface area contributed by atoms with E-state index >= 15 is 0 Å². The zero-order chi connectivity index (χ0) is 8.15. The molecule has 0 amide bonds. The molecular weight excluding hydrogens is 139 g/mol. The quantitative estimate of drug-likeness (QED) is 0.525. The molecule has 0 radical (unpaired) electrons. The van der Waals surface area contributed by atoms with Crippen molar-refractivity contribution < 1.29 is 13.9 Å². The highest BCUT2D eigenvalue weighted by Crippen LogP contribution is 1.97. The third-order valence-electron chi connectivity index (χ3n) is 0.891. The van der Waals surface area contributed by atoms with Crippen LogP contribution in [0.25, 0.3) is 0 Å². The summed E-state index contributed by atoms with van der Waals surface area (Å²) >= 11 is 0. The number of hydrogen-bond donors (Lipinski definition) is 1. The standard InChI is InChI=1S/C5H7FN2O2/c1-10-5(9)4(6)3(8)2-7/h3-4H,8H2,1H3. The van der Waals surface area contributed by atoms with E-state index in [-0.39, 0.29) is 0 Å². The van der Waals surface area contributed by atoms with E-state index in [4.69, 9.17) is 11.0 Å². The Hall–Kier alpha value is -1.15. The molecule has 0 rings (SSSR count). The van der Waals surface area contributed by atoms with Crippen LogP contribution >= 0.6 is 0 Å². The molecule has 56 valence electrons. The lowest BCUT2D eigenvalue weighted by molar-refractivity contribution is -0.146. The van der Waals surface area contributed by atoms with Gasteiger partial charge in [0, 0.05) is 0 Å². The molecule has 0 aromatic carbocycles. The van der Waals surface area contributed by atoms with Gasteiger partial charge >= 0.3 is 5.97 Å². The van der Waals surface area contributed by atoms with Gasteiger partial charge < -0.3 is 10.5 Å². The Labute approximate surface area is 57.4 Å². The lowest BCUT2D eigenvalue weighted by Gasteiger charge is -2.05. The number of nitrogens with zero attached hydrogens (tertiary/aromatic N) is 1. The Bertz CT molecular complexity index is 166. The number of alkyl halides is 1. The molecule has 5 heteroatoms. The van der Waals surface area contributed by atoms with Gasteiger partial charge in [-0.25, -0.2) is 9.18 Å². The van der Waals surface area contributed by atoms with E-state index < -0.39 is 18.2 Å². The fraction of sp³-hybridized carbons (Fsp3) is 0.600. The van der Waals surface area contributed by atoms with Crippen LogP contribution in [-0.4, -0.2) is 25.3 Å². The van der Waals surface area contributed by atoms with Crippen molar-refractivity contribution in [1.29, 1.82) is 5.26 Å². The number of carbonyl (C=O) groups excluding carboxylic acids is 1. The van der Waals surface area contributed by atoms with Crippen molar-refractivity contribution in [2.45, 2.75) is 12.2 Å². The number of ether oxygens (including phenoxy) is 1. The van der Waals surface area contributed by atoms with E-state index in [1.165, 1.54) is 6.07 Å². The predicted molar refractivity (Wildman–Crippen MR) is 30.5 cm³/mol. The Balaban J connectivity index is 3.97. The molecule has 0 bridgehead atoms. The highest BCUT2D eigenvalue weighted by Gasteiger charge is 2.25. The number of rotatable bonds is 2. The third kappa shape index (κ3) is 1.99. The largest absolute Gasteiger partial charge is 0.467 e. The molecule has 0 aromatic heterocycles. The molecule has 0 saturated carbocycles. The highest BCUT2D eigenvalue weighted by atomic mass is 19.1. The summed E-state index contributed by atoms with van der Waals surface area (Å²) < 4.78 is 16.4. The van der Waals surface area contributed by atoms with Gasteiger partial charge in [-0.15, -0.1) is 0 Å². The highest BCUT2D eigenvalue weighted by molar-refractivity contribution is 5.75. The molecule has 0 spiro atoms. The van der Waals surface area contributed by atoms with Crippen LogP contribution in [0.1, 0.15) is 0 Å². The van der Waals surface area contributed by atoms with Gasteiger partial charge in [0.1, 0.15) is 6.04 Å². The molecule has 2 unspecified atom stereocenters. The van der Waals surface area contributed by atoms with Crippen molar-refractivity contribution >= 4 is 5.97 Å². The Kier molecular flexibility index (Phi) is 3.36. The first-order chi connectivity index (χ1) is 4.63. The zero-order valence-electron chi connectivity index (χ0n) is 5.37. The van der Waals surface area contributed by atoms with E-state index in [2.05, 4.69) is 4.74 Å². The molecule has 0 aromatic rings. The summed E-state index contributed by atoms with van der Waals surface area (Å²) in [4.78, 5) is 10.3. The van der Waals surface area contributed by atoms with Gasteiger partial charge in [0.2, 0.25) is 6.17 Å². The maximum atomic E-state index is 12.4. The van der Waals surface area contributed by atoms with Gasteiger partial charge in [0.05, 0.1) is 13.2 Å². The summed E-state index contributed by atoms with van der Waals surface area (Å²) in [5.74, 6) is -1.12. The first-order valence-corrected chi connectivity index (χ1v) is 2.50. The topological polar surface area (TPSA) is 76.1 Å². The zero-order valence-corrected chi connectivity index (χ0v) is 5.37. The number of nitrogens with two attached hydrogens (primary N) is 1. The van der Waals surface area contributed by atoms with Crippen LogP contribution in [0.3, 0.4) is 0 Å². The van der Waals surface area contributed by atoms with Gasteiger partial charge in [-0.2, -0.15) is 5.26 Å². The maximum absolute atomic E-state index is 12.4. The number of esters is 1. The molecule has 0 aliphatic carbocycles. The average molecular weight is 146 g/mol. The van der Waals surface area contributed by atoms with E-state index in [0.29, 0.717) is 0 Å². The minimum absolute atomic E-state index is 1.03. The smallest absolute Gasteiger partial charge is 0.343 e. The Morgan fingerprint density at radius 2 is 2.40 bits per heavy atom. The lowest BCUT2D eigenvalue weighted by Crippen LogP contribution is -2.36. The summed E-state index contributed by atoms with van der Waals surface area (Å²) in [6.07, 6.45) is -2.05. The average Bonchev–Trinajstić information content (AvgIpc) is 2.00. The lowest BCUT2D eigenvalue weighted by atomic mass is 10.2.